The van der Waals surface area contributed by atoms with E-state index in [0.717, 1.165) is 0 Å². The molecule has 0 radical (unpaired) electrons. The Bertz CT molecular complexity index is 128. The predicted octanol–water partition coefficient (Wildman–Crippen LogP) is 1.04. The molecule has 0 aliphatic rings. The number of hydrogen-bond acceptors (Lipinski definition) is 3. The van der Waals surface area contributed by atoms with Gasteiger partial charge >= 0.3 is 0 Å². The highest BCUT2D eigenvalue weighted by atomic mass is 127. The van der Waals surface area contributed by atoms with E-state index < -0.39 is 15.1 Å². The van der Waals surface area contributed by atoms with Crippen molar-refractivity contribution in [3.8, 4) is 0 Å². The van der Waals surface area contributed by atoms with Crippen molar-refractivity contribution in [1.82, 2.24) is 0 Å². The summed E-state index contributed by atoms with van der Waals surface area (Å²) in [5.74, 6) is -0.0627. The van der Waals surface area contributed by atoms with Crippen LogP contribution in [0.3, 0.4) is 0 Å². The molecule has 0 saturated heterocycles. The van der Waals surface area contributed by atoms with Crippen LogP contribution in [0, 0.1) is 16.0 Å². The lowest BCUT2D eigenvalue weighted by Crippen LogP contribution is -2.31. The molecule has 0 aromatic rings. The van der Waals surface area contributed by atoms with Crippen molar-refractivity contribution < 1.29 is 10.0 Å². The Morgan fingerprint density at radius 2 is 2.00 bits per heavy atom. The monoisotopic (exact) mass is 259 g/mol. The summed E-state index contributed by atoms with van der Waals surface area (Å²) in [5.41, 5.74) is 0. The zero-order valence-corrected chi connectivity index (χ0v) is 7.98. The second-order valence-electron chi connectivity index (χ2n) is 2.39. The van der Waals surface area contributed by atoms with E-state index in [1.165, 1.54) is 0 Å². The van der Waals surface area contributed by atoms with E-state index in [9.17, 15) is 10.1 Å². The van der Waals surface area contributed by atoms with Gasteiger partial charge in [-0.2, -0.15) is 0 Å². The standard InChI is InChI=1S/C5H10INO3/c1-3(2)4(8)5(6)7(9)10/h3-5,8H,1-2H3. The number of alkyl halides is 1. The van der Waals surface area contributed by atoms with Crippen molar-refractivity contribution in [2.45, 2.75) is 24.0 Å². The Labute approximate surface area is 72.9 Å². The van der Waals surface area contributed by atoms with Gasteiger partial charge in [-0.1, -0.05) is 13.8 Å². The lowest BCUT2D eigenvalue weighted by molar-refractivity contribution is -0.501. The normalized spacial score (nSPS) is 16.9. The first-order valence-corrected chi connectivity index (χ1v) is 4.17. The molecule has 0 spiro atoms. The summed E-state index contributed by atoms with van der Waals surface area (Å²) in [5, 5.41) is 19.2. The van der Waals surface area contributed by atoms with Crippen molar-refractivity contribution >= 4 is 22.6 Å². The van der Waals surface area contributed by atoms with E-state index in [1.54, 1.807) is 36.4 Å². The molecule has 5 heteroatoms. The molecular weight excluding hydrogens is 249 g/mol. The molecule has 0 aromatic heterocycles. The van der Waals surface area contributed by atoms with Gasteiger partial charge in [0.05, 0.1) is 0 Å². The zero-order valence-electron chi connectivity index (χ0n) is 5.82. The van der Waals surface area contributed by atoms with E-state index in [0.29, 0.717) is 0 Å². The summed E-state index contributed by atoms with van der Waals surface area (Å²) in [6.07, 6.45) is -0.851. The fraction of sp³-hybridized carbons (Fsp3) is 1.00. The molecular formula is C5H10INO3. The third-order valence-corrected chi connectivity index (χ3v) is 2.36. The van der Waals surface area contributed by atoms with Crippen molar-refractivity contribution in [2.24, 2.45) is 5.92 Å². The van der Waals surface area contributed by atoms with Crippen LogP contribution in [0.25, 0.3) is 0 Å². The van der Waals surface area contributed by atoms with Crippen LogP contribution >= 0.6 is 22.6 Å². The van der Waals surface area contributed by atoms with E-state index in [4.69, 9.17) is 5.11 Å². The number of hydrogen-bond donors (Lipinski definition) is 1. The Hall–Kier alpha value is 0.0900. The van der Waals surface area contributed by atoms with Gasteiger partial charge in [0, 0.05) is 27.5 Å². The van der Waals surface area contributed by atoms with Gasteiger partial charge in [-0.3, -0.25) is 10.1 Å². The summed E-state index contributed by atoms with van der Waals surface area (Å²) in [4.78, 5) is 9.60. The molecule has 2 unspecified atom stereocenters. The maximum absolute atomic E-state index is 10.1. The third kappa shape index (κ3) is 2.78. The minimum absolute atomic E-state index is 0.0627. The van der Waals surface area contributed by atoms with E-state index >= 15 is 0 Å². The van der Waals surface area contributed by atoms with Gasteiger partial charge in [0.2, 0.25) is 0 Å². The van der Waals surface area contributed by atoms with Gasteiger partial charge in [0.1, 0.15) is 6.10 Å². The first-order chi connectivity index (χ1) is 4.46. The molecule has 0 aliphatic heterocycles. The number of nitro groups is 1. The van der Waals surface area contributed by atoms with Gasteiger partial charge in [-0.15, -0.1) is 0 Å². The molecule has 60 valence electrons. The van der Waals surface area contributed by atoms with Gasteiger partial charge < -0.3 is 5.11 Å². The van der Waals surface area contributed by atoms with Crippen LogP contribution in [0.4, 0.5) is 0 Å². The molecule has 2 atom stereocenters. The van der Waals surface area contributed by atoms with Crippen LogP contribution in [0.2, 0.25) is 0 Å². The second kappa shape index (κ2) is 4.07. The molecule has 4 nitrogen and oxygen atoms in total. The third-order valence-electron chi connectivity index (χ3n) is 1.17. The van der Waals surface area contributed by atoms with E-state index in [1.807, 2.05) is 0 Å². The van der Waals surface area contributed by atoms with Gasteiger partial charge in [-0.05, 0) is 5.92 Å². The molecule has 0 rings (SSSR count). The first kappa shape index (κ1) is 10.1. The highest BCUT2D eigenvalue weighted by Crippen LogP contribution is 2.14. The van der Waals surface area contributed by atoms with Crippen molar-refractivity contribution in [3.05, 3.63) is 10.1 Å². The van der Waals surface area contributed by atoms with Crippen molar-refractivity contribution in [3.63, 3.8) is 0 Å². The fourth-order valence-corrected chi connectivity index (χ4v) is 1.27. The summed E-state index contributed by atoms with van der Waals surface area (Å²) in [7, 11) is 0. The average Bonchev–Trinajstić information content (AvgIpc) is 1.84. The van der Waals surface area contributed by atoms with Gasteiger partial charge in [0.25, 0.3) is 4.05 Å². The highest BCUT2D eigenvalue weighted by molar-refractivity contribution is 14.1. The number of halogens is 1. The Morgan fingerprint density at radius 3 is 2.10 bits per heavy atom. The van der Waals surface area contributed by atoms with Crippen molar-refractivity contribution in [2.75, 3.05) is 0 Å². The fourth-order valence-electron chi connectivity index (χ4n) is 0.442. The molecule has 0 bridgehead atoms. The molecule has 1 N–H and O–H groups in total. The molecule has 0 amide bonds. The van der Waals surface area contributed by atoms with Crippen LogP contribution in [-0.4, -0.2) is 20.2 Å². The topological polar surface area (TPSA) is 63.4 Å². The molecule has 0 aromatic carbocycles. The lowest BCUT2D eigenvalue weighted by atomic mass is 10.1. The van der Waals surface area contributed by atoms with Gasteiger partial charge in [-0.25, -0.2) is 0 Å². The summed E-state index contributed by atoms with van der Waals surface area (Å²) in [6, 6.07) is 0. The minimum atomic E-state index is -0.891. The number of rotatable bonds is 3. The molecule has 0 saturated carbocycles. The van der Waals surface area contributed by atoms with Crippen molar-refractivity contribution in [1.29, 1.82) is 0 Å². The maximum Gasteiger partial charge on any atom is 0.286 e. The predicted molar refractivity (Wildman–Crippen MR) is 45.6 cm³/mol. The van der Waals surface area contributed by atoms with Crippen LogP contribution in [0.1, 0.15) is 13.8 Å². The largest absolute Gasteiger partial charge is 0.385 e. The van der Waals surface area contributed by atoms with Crippen LogP contribution in [-0.2, 0) is 0 Å². The highest BCUT2D eigenvalue weighted by Gasteiger charge is 2.28. The lowest BCUT2D eigenvalue weighted by Gasteiger charge is -2.13. The smallest absolute Gasteiger partial charge is 0.286 e. The minimum Gasteiger partial charge on any atom is -0.385 e. The van der Waals surface area contributed by atoms with Crippen LogP contribution < -0.4 is 0 Å². The summed E-state index contributed by atoms with van der Waals surface area (Å²) in [6.45, 7) is 3.50. The molecule has 10 heavy (non-hydrogen) atoms. The summed E-state index contributed by atoms with van der Waals surface area (Å²) < 4.78 is -0.891. The number of aliphatic hydroxyl groups excluding tert-OH is 1. The van der Waals surface area contributed by atoms with Crippen LogP contribution in [0.15, 0.2) is 0 Å². The van der Waals surface area contributed by atoms with E-state index in [-0.39, 0.29) is 5.92 Å². The van der Waals surface area contributed by atoms with Gasteiger partial charge in [0.15, 0.2) is 0 Å². The zero-order chi connectivity index (χ0) is 8.31. The SMILES string of the molecule is CC(C)C(O)C(I)[N+](=O)[O-]. The molecule has 0 heterocycles. The Kier molecular flexibility index (Phi) is 4.11. The number of nitrogens with zero attached hydrogens (tertiary/aromatic N) is 1. The van der Waals surface area contributed by atoms with Crippen LogP contribution in [0.5, 0.6) is 0 Å². The number of aliphatic hydroxyl groups is 1. The Morgan fingerprint density at radius 1 is 1.60 bits per heavy atom. The first-order valence-electron chi connectivity index (χ1n) is 2.92. The summed E-state index contributed by atoms with van der Waals surface area (Å²) >= 11 is 1.62. The molecule has 0 fully saturated rings. The second-order valence-corrected chi connectivity index (χ2v) is 3.67. The Balaban J connectivity index is 3.94. The quantitative estimate of drug-likeness (QED) is 0.271. The van der Waals surface area contributed by atoms with E-state index in [2.05, 4.69) is 0 Å². The maximum atomic E-state index is 10.1. The average molecular weight is 259 g/mol. The molecule has 0 aliphatic carbocycles.